The van der Waals surface area contributed by atoms with Crippen LogP contribution < -0.4 is 27.2 Å². The Bertz CT molecular complexity index is 634. The Labute approximate surface area is 186 Å². The molecule has 4 N–H and O–H groups in total. The molecule has 0 bridgehead atoms. The van der Waals surface area contributed by atoms with E-state index in [1.165, 1.54) is 0 Å². The topological polar surface area (TPSA) is 115 Å². The van der Waals surface area contributed by atoms with Gasteiger partial charge in [0.15, 0.2) is 0 Å². The Morgan fingerprint density at radius 1 is 0.774 bits per heavy atom. The highest BCUT2D eigenvalue weighted by Crippen LogP contribution is 2.05. The number of nitrogens with zero attached hydrogens (tertiary/aromatic N) is 1. The lowest BCUT2D eigenvalue weighted by Crippen LogP contribution is -2.37. The molecule has 0 radical (unpaired) electrons. The molecule has 0 heterocycles. The van der Waals surface area contributed by atoms with Crippen LogP contribution in [0.25, 0.3) is 0 Å². The predicted molar refractivity (Wildman–Crippen MR) is 125 cm³/mol. The molecule has 0 atom stereocenters. The van der Waals surface area contributed by atoms with Crippen molar-refractivity contribution in [3.8, 4) is 0 Å². The minimum Gasteiger partial charge on any atom is -0.381 e. The van der Waals surface area contributed by atoms with Crippen LogP contribution in [0, 0.1) is 6.92 Å². The van der Waals surface area contributed by atoms with Gasteiger partial charge in [0.2, 0.25) is 10.9 Å². The van der Waals surface area contributed by atoms with Crippen molar-refractivity contribution in [1.29, 1.82) is 0 Å². The standard InChI is InChI=1S/C22H42N4O5/c1-19-20(22(28)21(19)27)25-9-5-11-26(10-4-8-24-2)12-6-14-30-16-18-31-17-15-29-13-3-7-23/h24-25H,3-18,23H2,1-2H3. The van der Waals surface area contributed by atoms with Crippen molar-refractivity contribution in [2.45, 2.75) is 32.6 Å². The SMILES string of the molecule is CNCCCN(CCCNc1c(C)c(=O)c1=O)CCCOCCOCCOCCCN. The number of hydrogen-bond donors (Lipinski definition) is 3. The highest BCUT2D eigenvalue weighted by atomic mass is 16.5. The molecule has 1 aromatic rings. The summed E-state index contributed by atoms with van der Waals surface area (Å²) in [5.41, 5.74) is 5.69. The number of nitrogens with one attached hydrogen (secondary N) is 2. The van der Waals surface area contributed by atoms with Crippen LogP contribution in [0.15, 0.2) is 9.59 Å². The third-order valence-electron chi connectivity index (χ3n) is 5.00. The first kappa shape index (κ1) is 27.7. The van der Waals surface area contributed by atoms with Gasteiger partial charge in [-0.05, 0) is 65.8 Å². The summed E-state index contributed by atoms with van der Waals surface area (Å²) in [6.45, 7) is 10.7. The van der Waals surface area contributed by atoms with Crippen LogP contribution in [0.4, 0.5) is 5.69 Å². The lowest BCUT2D eigenvalue weighted by atomic mass is 10.1. The van der Waals surface area contributed by atoms with Gasteiger partial charge in [0.25, 0.3) is 0 Å². The van der Waals surface area contributed by atoms with E-state index in [9.17, 15) is 9.59 Å². The number of ether oxygens (including phenoxy) is 3. The summed E-state index contributed by atoms with van der Waals surface area (Å²) in [6, 6.07) is 0. The fourth-order valence-corrected chi connectivity index (χ4v) is 3.17. The van der Waals surface area contributed by atoms with Gasteiger partial charge in [-0.3, -0.25) is 9.59 Å². The molecule has 0 amide bonds. The van der Waals surface area contributed by atoms with E-state index in [-0.39, 0.29) is 10.9 Å². The predicted octanol–water partition coefficient (Wildman–Crippen LogP) is 0.0932. The normalized spacial score (nSPS) is 11.6. The van der Waals surface area contributed by atoms with Crippen molar-refractivity contribution in [2.75, 3.05) is 91.3 Å². The van der Waals surface area contributed by atoms with Crippen LogP contribution in [0.5, 0.6) is 0 Å². The van der Waals surface area contributed by atoms with E-state index in [2.05, 4.69) is 15.5 Å². The van der Waals surface area contributed by atoms with Crippen LogP contribution in [-0.2, 0) is 14.2 Å². The second kappa shape index (κ2) is 18.2. The first-order chi connectivity index (χ1) is 15.1. The molecule has 0 aliphatic rings. The fraction of sp³-hybridized carbons (Fsp3) is 0.818. The van der Waals surface area contributed by atoms with Gasteiger partial charge in [-0.2, -0.15) is 0 Å². The van der Waals surface area contributed by atoms with Gasteiger partial charge in [-0.25, -0.2) is 0 Å². The molecule has 0 unspecified atom stereocenters. The summed E-state index contributed by atoms with van der Waals surface area (Å²) in [5.74, 6) is 0. The van der Waals surface area contributed by atoms with Crippen LogP contribution in [-0.4, -0.2) is 90.9 Å². The molecule has 0 saturated carbocycles. The van der Waals surface area contributed by atoms with E-state index in [0.717, 1.165) is 51.9 Å². The van der Waals surface area contributed by atoms with Gasteiger partial charge in [0, 0.05) is 31.9 Å². The molecule has 0 fully saturated rings. The Balaban J connectivity index is 2.07. The average molecular weight is 443 g/mol. The fourth-order valence-electron chi connectivity index (χ4n) is 3.17. The smallest absolute Gasteiger partial charge is 0.249 e. The van der Waals surface area contributed by atoms with Gasteiger partial charge in [-0.15, -0.1) is 0 Å². The minimum atomic E-state index is -0.386. The quantitative estimate of drug-likeness (QED) is 0.170. The Hall–Kier alpha value is -1.36. The maximum atomic E-state index is 11.5. The summed E-state index contributed by atoms with van der Waals surface area (Å²) in [7, 11) is 1.96. The van der Waals surface area contributed by atoms with Crippen LogP contribution >= 0.6 is 0 Å². The first-order valence-electron chi connectivity index (χ1n) is 11.5. The van der Waals surface area contributed by atoms with Crippen LogP contribution in [0.1, 0.15) is 31.2 Å². The molecule has 180 valence electrons. The number of anilines is 1. The van der Waals surface area contributed by atoms with Crippen molar-refractivity contribution < 1.29 is 14.2 Å². The largest absolute Gasteiger partial charge is 0.381 e. The molecule has 1 aromatic carbocycles. The van der Waals surface area contributed by atoms with Crippen molar-refractivity contribution in [1.82, 2.24) is 10.2 Å². The number of nitrogens with two attached hydrogens (primary N) is 1. The van der Waals surface area contributed by atoms with Crippen molar-refractivity contribution in [3.05, 3.63) is 26.0 Å². The van der Waals surface area contributed by atoms with Gasteiger partial charge in [0.1, 0.15) is 0 Å². The van der Waals surface area contributed by atoms with E-state index in [0.29, 0.717) is 64.0 Å². The summed E-state index contributed by atoms with van der Waals surface area (Å²) >= 11 is 0. The number of hydrogen-bond acceptors (Lipinski definition) is 9. The van der Waals surface area contributed by atoms with Gasteiger partial charge < -0.3 is 35.5 Å². The summed E-state index contributed by atoms with van der Waals surface area (Å²) in [5, 5.41) is 6.29. The zero-order valence-corrected chi connectivity index (χ0v) is 19.4. The third-order valence-corrected chi connectivity index (χ3v) is 5.00. The van der Waals surface area contributed by atoms with Crippen molar-refractivity contribution >= 4 is 5.69 Å². The van der Waals surface area contributed by atoms with Crippen LogP contribution in [0.3, 0.4) is 0 Å². The molecule has 9 nitrogen and oxygen atoms in total. The van der Waals surface area contributed by atoms with E-state index in [4.69, 9.17) is 19.9 Å². The third kappa shape index (κ3) is 12.3. The minimum absolute atomic E-state index is 0.363. The molecule has 0 aliphatic heterocycles. The Morgan fingerprint density at radius 3 is 1.90 bits per heavy atom. The van der Waals surface area contributed by atoms with Gasteiger partial charge in [0.05, 0.1) is 32.1 Å². The zero-order chi connectivity index (χ0) is 22.7. The molecular formula is C22H42N4O5. The molecule has 31 heavy (non-hydrogen) atoms. The lowest BCUT2D eigenvalue weighted by Gasteiger charge is -2.22. The maximum Gasteiger partial charge on any atom is 0.249 e. The van der Waals surface area contributed by atoms with Crippen molar-refractivity contribution in [2.24, 2.45) is 5.73 Å². The summed E-state index contributed by atoms with van der Waals surface area (Å²) in [6.07, 6.45) is 3.85. The number of rotatable bonds is 22. The van der Waals surface area contributed by atoms with E-state index >= 15 is 0 Å². The van der Waals surface area contributed by atoms with Crippen molar-refractivity contribution in [3.63, 3.8) is 0 Å². The first-order valence-corrected chi connectivity index (χ1v) is 11.5. The Morgan fingerprint density at radius 2 is 1.32 bits per heavy atom. The molecule has 0 spiro atoms. The summed E-state index contributed by atoms with van der Waals surface area (Å²) < 4.78 is 16.5. The molecule has 1 rings (SSSR count). The van der Waals surface area contributed by atoms with Crippen LogP contribution in [0.2, 0.25) is 0 Å². The molecule has 0 saturated heterocycles. The molecule has 9 heteroatoms. The highest BCUT2D eigenvalue weighted by Gasteiger charge is 2.15. The average Bonchev–Trinajstić information content (AvgIpc) is 2.78. The molecule has 0 aromatic heterocycles. The van der Waals surface area contributed by atoms with E-state index in [1.54, 1.807) is 6.92 Å². The summed E-state index contributed by atoms with van der Waals surface area (Å²) in [4.78, 5) is 25.2. The lowest BCUT2D eigenvalue weighted by molar-refractivity contribution is 0.0129. The van der Waals surface area contributed by atoms with Gasteiger partial charge >= 0.3 is 0 Å². The van der Waals surface area contributed by atoms with E-state index < -0.39 is 0 Å². The Kier molecular flexibility index (Phi) is 16.3. The van der Waals surface area contributed by atoms with Gasteiger partial charge in [-0.1, -0.05) is 0 Å². The monoisotopic (exact) mass is 442 g/mol. The second-order valence-corrected chi connectivity index (χ2v) is 7.57. The van der Waals surface area contributed by atoms with E-state index in [1.807, 2.05) is 7.05 Å². The maximum absolute atomic E-state index is 11.5. The molecular weight excluding hydrogens is 400 g/mol. The zero-order valence-electron chi connectivity index (χ0n) is 19.4. The second-order valence-electron chi connectivity index (χ2n) is 7.57. The highest BCUT2D eigenvalue weighted by molar-refractivity contribution is 5.55. The molecule has 0 aliphatic carbocycles.